The van der Waals surface area contributed by atoms with E-state index in [0.717, 1.165) is 38.6 Å². The minimum Gasteiger partial charge on any atom is -0.368 e. The Kier molecular flexibility index (Phi) is 3.60. The Morgan fingerprint density at radius 2 is 2.17 bits per heavy atom. The number of nitrogens with zero attached hydrogens (tertiary/aromatic N) is 3. The maximum Gasteiger partial charge on any atom is 0.228 e. The number of hydrogen-bond donors (Lipinski definition) is 1. The molecule has 0 amide bonds. The van der Waals surface area contributed by atoms with E-state index in [9.17, 15) is 0 Å². The summed E-state index contributed by atoms with van der Waals surface area (Å²) in [6, 6.07) is 9.22. The number of nitrogens with two attached hydrogens (primary N) is 1. The third-order valence-electron chi connectivity index (χ3n) is 5.39. The van der Waals surface area contributed by atoms with Gasteiger partial charge < -0.3 is 15.2 Å². The average Bonchev–Trinajstić information content (AvgIpc) is 3.01. The number of anilines is 1. The highest BCUT2D eigenvalue weighted by molar-refractivity contribution is 5.56. The molecule has 5 heteroatoms. The van der Waals surface area contributed by atoms with E-state index in [0.29, 0.717) is 17.8 Å². The SMILES string of the molecule is CC1CCc2ccccc2N1CCc1nc(C2(N)CCC2)no1. The Hall–Kier alpha value is -1.88. The average molecular weight is 312 g/mol. The lowest BCUT2D eigenvalue weighted by molar-refractivity contribution is 0.229. The molecule has 2 N–H and O–H groups in total. The molecule has 1 unspecified atom stereocenters. The first-order valence-corrected chi connectivity index (χ1v) is 8.62. The summed E-state index contributed by atoms with van der Waals surface area (Å²) >= 11 is 0. The van der Waals surface area contributed by atoms with Crippen molar-refractivity contribution in [3.63, 3.8) is 0 Å². The van der Waals surface area contributed by atoms with Crippen molar-refractivity contribution in [2.75, 3.05) is 11.4 Å². The van der Waals surface area contributed by atoms with E-state index in [2.05, 4.69) is 46.2 Å². The summed E-state index contributed by atoms with van der Waals surface area (Å²) in [6.07, 6.45) is 6.20. The van der Waals surface area contributed by atoms with Gasteiger partial charge in [-0.2, -0.15) is 4.98 Å². The van der Waals surface area contributed by atoms with E-state index in [1.165, 1.54) is 17.7 Å². The number of aromatic nitrogens is 2. The van der Waals surface area contributed by atoms with Gasteiger partial charge in [0.15, 0.2) is 5.82 Å². The highest BCUT2D eigenvalue weighted by Crippen LogP contribution is 2.37. The monoisotopic (exact) mass is 312 g/mol. The van der Waals surface area contributed by atoms with Gasteiger partial charge in [-0.1, -0.05) is 23.4 Å². The van der Waals surface area contributed by atoms with Gasteiger partial charge in [-0.15, -0.1) is 0 Å². The molecule has 4 rings (SSSR count). The molecule has 1 saturated carbocycles. The molecule has 2 aromatic rings. The van der Waals surface area contributed by atoms with Crippen LogP contribution in [0.15, 0.2) is 28.8 Å². The van der Waals surface area contributed by atoms with Crippen molar-refractivity contribution in [2.45, 2.75) is 57.0 Å². The second kappa shape index (κ2) is 5.64. The Labute approximate surface area is 136 Å². The van der Waals surface area contributed by atoms with Gasteiger partial charge in [-0.3, -0.25) is 0 Å². The van der Waals surface area contributed by atoms with E-state index >= 15 is 0 Å². The molecule has 2 aliphatic rings. The summed E-state index contributed by atoms with van der Waals surface area (Å²) in [5.74, 6) is 1.39. The zero-order chi connectivity index (χ0) is 15.9. The Balaban J connectivity index is 1.47. The van der Waals surface area contributed by atoms with Gasteiger partial charge in [0.2, 0.25) is 5.89 Å². The van der Waals surface area contributed by atoms with Gasteiger partial charge in [0.1, 0.15) is 0 Å². The van der Waals surface area contributed by atoms with Crippen LogP contribution in [0.2, 0.25) is 0 Å². The van der Waals surface area contributed by atoms with Crippen molar-refractivity contribution in [3.8, 4) is 0 Å². The minimum atomic E-state index is -0.341. The number of para-hydroxylation sites is 1. The van der Waals surface area contributed by atoms with Crippen LogP contribution < -0.4 is 10.6 Å². The number of fused-ring (bicyclic) bond motifs is 1. The quantitative estimate of drug-likeness (QED) is 0.940. The van der Waals surface area contributed by atoms with Crippen LogP contribution in [-0.4, -0.2) is 22.7 Å². The van der Waals surface area contributed by atoms with Gasteiger partial charge in [0.05, 0.1) is 5.54 Å². The molecular formula is C18H24N4O. The lowest BCUT2D eigenvalue weighted by atomic mass is 9.77. The molecule has 2 heterocycles. The van der Waals surface area contributed by atoms with Crippen molar-refractivity contribution >= 4 is 5.69 Å². The molecule has 122 valence electrons. The van der Waals surface area contributed by atoms with Crippen LogP contribution in [0, 0.1) is 0 Å². The summed E-state index contributed by atoms with van der Waals surface area (Å²) in [5.41, 5.74) is 8.71. The Morgan fingerprint density at radius 1 is 1.35 bits per heavy atom. The molecule has 1 aromatic heterocycles. The zero-order valence-electron chi connectivity index (χ0n) is 13.7. The second-order valence-electron chi connectivity index (χ2n) is 6.98. The van der Waals surface area contributed by atoms with E-state index in [4.69, 9.17) is 10.3 Å². The number of benzene rings is 1. The van der Waals surface area contributed by atoms with Crippen molar-refractivity contribution in [2.24, 2.45) is 5.73 Å². The number of aryl methyl sites for hydroxylation is 1. The molecule has 1 fully saturated rings. The maximum absolute atomic E-state index is 6.27. The van der Waals surface area contributed by atoms with Gasteiger partial charge >= 0.3 is 0 Å². The summed E-state index contributed by atoms with van der Waals surface area (Å²) < 4.78 is 5.43. The van der Waals surface area contributed by atoms with E-state index in [1.54, 1.807) is 0 Å². The molecule has 1 aromatic carbocycles. The lowest BCUT2D eigenvalue weighted by Crippen LogP contribution is -2.44. The Morgan fingerprint density at radius 3 is 2.96 bits per heavy atom. The summed E-state index contributed by atoms with van der Waals surface area (Å²) in [4.78, 5) is 7.00. The van der Waals surface area contributed by atoms with Crippen LogP contribution in [0.5, 0.6) is 0 Å². The third-order valence-corrected chi connectivity index (χ3v) is 5.39. The van der Waals surface area contributed by atoms with Crippen LogP contribution in [0.3, 0.4) is 0 Å². The third kappa shape index (κ3) is 2.63. The number of rotatable bonds is 4. The molecular weight excluding hydrogens is 288 g/mol. The maximum atomic E-state index is 6.27. The minimum absolute atomic E-state index is 0.341. The standard InChI is InChI=1S/C18H24N4O/c1-13-7-8-14-5-2-3-6-15(14)22(13)12-9-16-20-17(21-23-16)18(19)10-4-11-18/h2-3,5-6,13H,4,7-12,19H2,1H3. The highest BCUT2D eigenvalue weighted by atomic mass is 16.5. The van der Waals surface area contributed by atoms with E-state index < -0.39 is 0 Å². The fourth-order valence-corrected chi connectivity index (χ4v) is 3.66. The second-order valence-corrected chi connectivity index (χ2v) is 6.98. The highest BCUT2D eigenvalue weighted by Gasteiger charge is 2.39. The van der Waals surface area contributed by atoms with Crippen LogP contribution in [-0.2, 0) is 18.4 Å². The fraction of sp³-hybridized carbons (Fsp3) is 0.556. The predicted molar refractivity (Wildman–Crippen MR) is 89.3 cm³/mol. The molecule has 23 heavy (non-hydrogen) atoms. The van der Waals surface area contributed by atoms with Gasteiger partial charge in [0, 0.05) is 24.7 Å². The lowest BCUT2D eigenvalue weighted by Gasteiger charge is -2.37. The first-order chi connectivity index (χ1) is 11.2. The normalized spacial score (nSPS) is 22.5. The zero-order valence-corrected chi connectivity index (χ0v) is 13.7. The molecule has 0 radical (unpaired) electrons. The van der Waals surface area contributed by atoms with Crippen LogP contribution >= 0.6 is 0 Å². The molecule has 1 atom stereocenters. The topological polar surface area (TPSA) is 68.2 Å². The van der Waals surface area contributed by atoms with Crippen LogP contribution in [0.25, 0.3) is 0 Å². The molecule has 0 bridgehead atoms. The van der Waals surface area contributed by atoms with Crippen molar-refractivity contribution in [3.05, 3.63) is 41.5 Å². The molecule has 1 aliphatic carbocycles. The first-order valence-electron chi connectivity index (χ1n) is 8.62. The van der Waals surface area contributed by atoms with Crippen molar-refractivity contribution in [1.29, 1.82) is 0 Å². The molecule has 1 aliphatic heterocycles. The van der Waals surface area contributed by atoms with Crippen molar-refractivity contribution in [1.82, 2.24) is 10.1 Å². The fourth-order valence-electron chi connectivity index (χ4n) is 3.66. The summed E-state index contributed by atoms with van der Waals surface area (Å²) in [7, 11) is 0. The largest absolute Gasteiger partial charge is 0.368 e. The molecule has 0 spiro atoms. The van der Waals surface area contributed by atoms with Gasteiger partial charge in [0.25, 0.3) is 0 Å². The summed E-state index contributed by atoms with van der Waals surface area (Å²) in [5, 5.41) is 4.11. The number of hydrogen-bond acceptors (Lipinski definition) is 5. The molecule has 5 nitrogen and oxygen atoms in total. The van der Waals surface area contributed by atoms with E-state index in [1.807, 2.05) is 0 Å². The molecule has 0 saturated heterocycles. The predicted octanol–water partition coefficient (Wildman–Crippen LogP) is 2.79. The first kappa shape index (κ1) is 14.7. The van der Waals surface area contributed by atoms with E-state index in [-0.39, 0.29) is 5.54 Å². The van der Waals surface area contributed by atoms with Gasteiger partial charge in [-0.25, -0.2) is 0 Å². The Bertz CT molecular complexity index is 692. The van der Waals surface area contributed by atoms with Gasteiger partial charge in [-0.05, 0) is 50.7 Å². The van der Waals surface area contributed by atoms with Crippen LogP contribution in [0.4, 0.5) is 5.69 Å². The summed E-state index contributed by atoms with van der Waals surface area (Å²) in [6.45, 7) is 3.19. The van der Waals surface area contributed by atoms with Crippen molar-refractivity contribution < 1.29 is 4.52 Å². The van der Waals surface area contributed by atoms with Crippen LogP contribution in [0.1, 0.15) is 49.9 Å². The smallest absolute Gasteiger partial charge is 0.228 e.